The Kier molecular flexibility index (Phi) is 7.21. The van der Waals surface area contributed by atoms with Crippen LogP contribution in [0.5, 0.6) is 0 Å². The second-order valence-electron chi connectivity index (χ2n) is 11.8. The van der Waals surface area contributed by atoms with Gasteiger partial charge in [0.15, 0.2) is 0 Å². The molecule has 1 atom stereocenters. The van der Waals surface area contributed by atoms with E-state index in [1.165, 1.54) is 29.3 Å². The summed E-state index contributed by atoms with van der Waals surface area (Å²) in [5.74, 6) is 0.918. The molecule has 10 heteroatoms. The van der Waals surface area contributed by atoms with Crippen molar-refractivity contribution in [2.75, 3.05) is 31.6 Å². The predicted molar refractivity (Wildman–Crippen MR) is 166 cm³/mol. The molecule has 2 aromatic carbocycles. The molecule has 2 N–H and O–H groups in total. The Balaban J connectivity index is 1.14. The van der Waals surface area contributed by atoms with E-state index in [0.29, 0.717) is 55.0 Å². The summed E-state index contributed by atoms with van der Waals surface area (Å²) in [6, 6.07) is 17.2. The fraction of sp³-hybridized carbons (Fsp3) is 0.324. The number of nitrogens with zero attached hydrogens (tertiary/aromatic N) is 4. The van der Waals surface area contributed by atoms with Gasteiger partial charge in [0.25, 0.3) is 17.4 Å². The molecule has 4 aromatic rings. The van der Waals surface area contributed by atoms with Gasteiger partial charge in [-0.1, -0.05) is 30.3 Å². The molecule has 2 fully saturated rings. The molecule has 4 heterocycles. The number of aromatic nitrogens is 3. The van der Waals surface area contributed by atoms with Crippen LogP contribution >= 0.6 is 0 Å². The van der Waals surface area contributed by atoms with Crippen LogP contribution in [0.4, 0.5) is 11.5 Å². The molecule has 2 amide bonds. The molecule has 3 aliphatic rings. The summed E-state index contributed by atoms with van der Waals surface area (Å²) in [4.78, 5) is 45.1. The van der Waals surface area contributed by atoms with Crippen LogP contribution in [0.25, 0.3) is 11.3 Å². The third-order valence-corrected chi connectivity index (χ3v) is 8.81. The van der Waals surface area contributed by atoms with Crippen molar-refractivity contribution in [1.82, 2.24) is 25.0 Å². The number of benzene rings is 2. The monoisotopic (exact) mass is 590 g/mol. The van der Waals surface area contributed by atoms with Gasteiger partial charge in [0, 0.05) is 37.5 Å². The summed E-state index contributed by atoms with van der Waals surface area (Å²) < 4.78 is 6.64. The van der Waals surface area contributed by atoms with Crippen molar-refractivity contribution in [2.45, 2.75) is 38.1 Å². The number of nitrogens with one attached hydrogen (secondary N) is 2. The molecule has 2 aromatic heterocycles. The van der Waals surface area contributed by atoms with Gasteiger partial charge < -0.3 is 20.3 Å². The van der Waals surface area contributed by atoms with E-state index >= 15 is 0 Å². The lowest BCUT2D eigenvalue weighted by atomic mass is 9.86. The SMILES string of the molecule is Cc1c(-c2cc(Nc3ccc(C(=O)N4CCOCC4)cn3)c(=O)n(C)n2)cccc1C1Cc2cc(C3CC3)ccc2C(=O)N1. The molecule has 0 radical (unpaired) electrons. The number of morpholine rings is 1. The Hall–Kier alpha value is -4.83. The largest absolute Gasteiger partial charge is 0.378 e. The van der Waals surface area contributed by atoms with Gasteiger partial charge in [-0.15, -0.1) is 0 Å². The number of carbonyl (C=O) groups excluding carboxylic acids is 2. The first-order chi connectivity index (χ1) is 21.4. The molecule has 10 nitrogen and oxygen atoms in total. The van der Waals surface area contributed by atoms with E-state index in [0.717, 1.165) is 34.2 Å². The molecule has 0 bridgehead atoms. The Morgan fingerprint density at radius 3 is 2.59 bits per heavy atom. The lowest BCUT2D eigenvalue weighted by Gasteiger charge is -2.28. The first-order valence-electron chi connectivity index (χ1n) is 15.1. The van der Waals surface area contributed by atoms with Crippen molar-refractivity contribution in [1.29, 1.82) is 0 Å². The number of hydrogen-bond donors (Lipinski definition) is 2. The minimum Gasteiger partial charge on any atom is -0.378 e. The van der Waals surface area contributed by atoms with E-state index in [1.807, 2.05) is 31.2 Å². The predicted octanol–water partition coefficient (Wildman–Crippen LogP) is 4.27. The molecule has 2 aliphatic heterocycles. The fourth-order valence-corrected chi connectivity index (χ4v) is 6.19. The van der Waals surface area contributed by atoms with Gasteiger partial charge in [0.1, 0.15) is 11.5 Å². The summed E-state index contributed by atoms with van der Waals surface area (Å²) >= 11 is 0. The zero-order chi connectivity index (χ0) is 30.4. The van der Waals surface area contributed by atoms with Crippen LogP contribution in [0, 0.1) is 6.92 Å². The Bertz CT molecular complexity index is 1820. The summed E-state index contributed by atoms with van der Waals surface area (Å²) in [6.45, 7) is 4.19. The van der Waals surface area contributed by atoms with Gasteiger partial charge in [0.05, 0.1) is 30.5 Å². The van der Waals surface area contributed by atoms with Crippen molar-refractivity contribution in [3.8, 4) is 11.3 Å². The number of hydrogen-bond acceptors (Lipinski definition) is 7. The number of ether oxygens (including phenoxy) is 1. The summed E-state index contributed by atoms with van der Waals surface area (Å²) in [5, 5.41) is 10.9. The van der Waals surface area contributed by atoms with E-state index in [9.17, 15) is 14.4 Å². The molecule has 0 spiro atoms. The van der Waals surface area contributed by atoms with Gasteiger partial charge in [-0.05, 0) is 78.6 Å². The Labute approximate surface area is 255 Å². The van der Waals surface area contributed by atoms with Gasteiger partial charge in [-0.25, -0.2) is 9.67 Å². The molecular formula is C34H34N6O4. The highest BCUT2D eigenvalue weighted by molar-refractivity contribution is 5.97. The highest BCUT2D eigenvalue weighted by atomic mass is 16.5. The number of fused-ring (bicyclic) bond motifs is 1. The van der Waals surface area contributed by atoms with Crippen LogP contribution in [0.15, 0.2) is 65.6 Å². The van der Waals surface area contributed by atoms with E-state index in [2.05, 4.69) is 32.8 Å². The normalized spacial score (nSPS) is 18.0. The third-order valence-electron chi connectivity index (χ3n) is 8.81. The maximum Gasteiger partial charge on any atom is 0.290 e. The van der Waals surface area contributed by atoms with Gasteiger partial charge >= 0.3 is 0 Å². The molecule has 1 unspecified atom stereocenters. The van der Waals surface area contributed by atoms with Crippen LogP contribution in [-0.4, -0.2) is 57.8 Å². The molecule has 1 saturated heterocycles. The van der Waals surface area contributed by atoms with Crippen LogP contribution in [0.2, 0.25) is 0 Å². The first-order valence-corrected chi connectivity index (χ1v) is 15.1. The number of pyridine rings is 1. The fourth-order valence-electron chi connectivity index (χ4n) is 6.19. The lowest BCUT2D eigenvalue weighted by molar-refractivity contribution is 0.0302. The summed E-state index contributed by atoms with van der Waals surface area (Å²) in [6.07, 6.45) is 4.67. The molecule has 224 valence electrons. The zero-order valence-corrected chi connectivity index (χ0v) is 24.8. The minimum atomic E-state index is -0.305. The molecular weight excluding hydrogens is 556 g/mol. The first kappa shape index (κ1) is 28.0. The van der Waals surface area contributed by atoms with Crippen molar-refractivity contribution in [3.63, 3.8) is 0 Å². The third kappa shape index (κ3) is 5.37. The quantitative estimate of drug-likeness (QED) is 0.344. The second-order valence-corrected chi connectivity index (χ2v) is 11.8. The molecule has 44 heavy (non-hydrogen) atoms. The van der Waals surface area contributed by atoms with E-state index in [1.54, 1.807) is 30.1 Å². The van der Waals surface area contributed by atoms with Crippen LogP contribution in [0.3, 0.4) is 0 Å². The minimum absolute atomic E-state index is 0.0553. The number of amides is 2. The lowest BCUT2D eigenvalue weighted by Crippen LogP contribution is -2.40. The molecule has 7 rings (SSSR count). The summed E-state index contributed by atoms with van der Waals surface area (Å²) in [7, 11) is 1.61. The highest BCUT2D eigenvalue weighted by Gasteiger charge is 2.30. The van der Waals surface area contributed by atoms with Crippen LogP contribution in [-0.2, 0) is 18.2 Å². The maximum absolute atomic E-state index is 13.1. The van der Waals surface area contributed by atoms with Crippen molar-refractivity contribution in [2.24, 2.45) is 7.05 Å². The smallest absolute Gasteiger partial charge is 0.290 e. The highest BCUT2D eigenvalue weighted by Crippen LogP contribution is 2.41. The van der Waals surface area contributed by atoms with Crippen molar-refractivity contribution in [3.05, 3.63) is 105 Å². The Morgan fingerprint density at radius 2 is 1.84 bits per heavy atom. The van der Waals surface area contributed by atoms with Gasteiger partial charge in [-0.3, -0.25) is 14.4 Å². The number of carbonyl (C=O) groups is 2. The van der Waals surface area contributed by atoms with Crippen LogP contribution < -0.4 is 16.2 Å². The summed E-state index contributed by atoms with van der Waals surface area (Å²) in [5.41, 5.74) is 7.15. The average molecular weight is 591 g/mol. The molecule has 1 saturated carbocycles. The maximum atomic E-state index is 13.1. The van der Waals surface area contributed by atoms with E-state index < -0.39 is 0 Å². The molecule has 1 aliphatic carbocycles. The second kappa shape index (κ2) is 11.3. The van der Waals surface area contributed by atoms with Crippen molar-refractivity contribution >= 4 is 23.3 Å². The van der Waals surface area contributed by atoms with Gasteiger partial charge in [0.2, 0.25) is 0 Å². The zero-order valence-electron chi connectivity index (χ0n) is 24.8. The van der Waals surface area contributed by atoms with Crippen molar-refractivity contribution < 1.29 is 14.3 Å². The topological polar surface area (TPSA) is 118 Å². The van der Waals surface area contributed by atoms with E-state index in [-0.39, 0.29) is 23.4 Å². The van der Waals surface area contributed by atoms with Gasteiger partial charge in [-0.2, -0.15) is 5.10 Å². The average Bonchev–Trinajstić information content (AvgIpc) is 3.89. The van der Waals surface area contributed by atoms with Crippen LogP contribution in [0.1, 0.15) is 67.8 Å². The number of anilines is 2. The Morgan fingerprint density at radius 1 is 1.02 bits per heavy atom. The van der Waals surface area contributed by atoms with E-state index in [4.69, 9.17) is 4.74 Å². The number of aryl methyl sites for hydroxylation is 1. The standard InChI is InChI=1S/C34H34N6O4/c1-20-25(28-17-24-16-22(21-6-7-21)8-10-27(24)32(41)37-28)4-3-5-26(20)29-18-30(34(43)39(2)38-29)36-31-11-9-23(19-35-31)33(42)40-12-14-44-15-13-40/h3-5,8-11,16,18-19,21,28H,6-7,12-15,17H2,1-2H3,(H,35,36)(H,37,41). The number of rotatable bonds is 6.